The molecule has 29 heavy (non-hydrogen) atoms. The van der Waals surface area contributed by atoms with Crippen molar-refractivity contribution in [3.63, 3.8) is 0 Å². The number of nitrogens with zero attached hydrogens (tertiary/aromatic N) is 1. The molecule has 3 rings (SSSR count). The van der Waals surface area contributed by atoms with Gasteiger partial charge in [0.05, 0.1) is 9.21 Å². The lowest BCUT2D eigenvalue weighted by Gasteiger charge is -2.25. The Morgan fingerprint density at radius 1 is 1.07 bits per heavy atom. The molecule has 0 aliphatic carbocycles. The molecule has 0 unspecified atom stereocenters. The first-order valence-corrected chi connectivity index (χ1v) is 10.6. The lowest BCUT2D eigenvalue weighted by molar-refractivity contribution is -0.128. The van der Waals surface area contributed by atoms with Crippen molar-refractivity contribution >= 4 is 46.3 Å². The van der Waals surface area contributed by atoms with Gasteiger partial charge in [0.1, 0.15) is 5.54 Å². The van der Waals surface area contributed by atoms with Crippen molar-refractivity contribution in [1.29, 1.82) is 0 Å². The highest BCUT2D eigenvalue weighted by atomic mass is 35.5. The van der Waals surface area contributed by atoms with E-state index in [2.05, 4.69) is 10.6 Å². The first-order chi connectivity index (χ1) is 13.7. The molecule has 1 aliphatic heterocycles. The van der Waals surface area contributed by atoms with Crippen molar-refractivity contribution in [2.75, 3.05) is 18.4 Å². The third kappa shape index (κ3) is 5.16. The second kappa shape index (κ2) is 8.55. The van der Waals surface area contributed by atoms with Crippen LogP contribution in [0.2, 0.25) is 4.34 Å². The largest absolute Gasteiger partial charge is 0.342 e. The summed E-state index contributed by atoms with van der Waals surface area (Å²) in [6.45, 7) is 6.28. The van der Waals surface area contributed by atoms with Crippen LogP contribution < -0.4 is 10.6 Å². The zero-order chi connectivity index (χ0) is 21.2. The number of hydrogen-bond acceptors (Lipinski definition) is 4. The predicted molar refractivity (Wildman–Crippen MR) is 116 cm³/mol. The van der Waals surface area contributed by atoms with Crippen LogP contribution in [0.25, 0.3) is 0 Å². The molecule has 3 amide bonds. The van der Waals surface area contributed by atoms with Gasteiger partial charge in [0.25, 0.3) is 5.91 Å². The minimum atomic E-state index is -1.11. The molecule has 2 heterocycles. The minimum absolute atomic E-state index is 0.0795. The lowest BCUT2D eigenvalue weighted by atomic mass is 10.0. The fraction of sp³-hybridized carbons (Fsp3) is 0.381. The number of halogens is 1. The van der Waals surface area contributed by atoms with Crippen LogP contribution >= 0.6 is 22.9 Å². The van der Waals surface area contributed by atoms with E-state index in [1.807, 2.05) is 23.1 Å². The third-order valence-corrected chi connectivity index (χ3v) is 6.23. The summed E-state index contributed by atoms with van der Waals surface area (Å²) in [5, 5.41) is 5.65. The molecule has 1 aromatic carbocycles. The number of rotatable bonds is 4. The van der Waals surface area contributed by atoms with Crippen LogP contribution in [-0.2, 0) is 22.4 Å². The number of thiophene rings is 1. The Kier molecular flexibility index (Phi) is 6.29. The highest BCUT2D eigenvalue weighted by Gasteiger charge is 2.30. The van der Waals surface area contributed by atoms with Crippen molar-refractivity contribution in [2.45, 2.75) is 39.2 Å². The molecule has 1 aromatic heterocycles. The van der Waals surface area contributed by atoms with E-state index in [0.717, 1.165) is 18.4 Å². The van der Waals surface area contributed by atoms with Gasteiger partial charge in [0.15, 0.2) is 0 Å². The quantitative estimate of drug-likeness (QED) is 0.774. The highest BCUT2D eigenvalue weighted by Crippen LogP contribution is 2.23. The first-order valence-electron chi connectivity index (χ1n) is 9.42. The smallest absolute Gasteiger partial charge is 0.262 e. The number of hydrogen-bond donors (Lipinski definition) is 2. The molecule has 2 aromatic rings. The predicted octanol–water partition coefficient (Wildman–Crippen LogP) is 3.50. The summed E-state index contributed by atoms with van der Waals surface area (Å²) >= 11 is 7.04. The molecule has 0 radical (unpaired) electrons. The van der Waals surface area contributed by atoms with Gasteiger partial charge < -0.3 is 15.5 Å². The molecule has 1 aliphatic rings. The van der Waals surface area contributed by atoms with Gasteiger partial charge in [-0.1, -0.05) is 17.7 Å². The van der Waals surface area contributed by atoms with Gasteiger partial charge in [-0.05, 0) is 62.1 Å². The van der Waals surface area contributed by atoms with E-state index >= 15 is 0 Å². The molecule has 6 nitrogen and oxygen atoms in total. The molecule has 2 N–H and O–H groups in total. The second-order valence-corrected chi connectivity index (χ2v) is 9.34. The van der Waals surface area contributed by atoms with Crippen molar-refractivity contribution in [3.8, 4) is 0 Å². The maximum atomic E-state index is 12.8. The molecule has 154 valence electrons. The molecule has 8 heteroatoms. The number of fused-ring (bicyclic) bond motifs is 1. The van der Waals surface area contributed by atoms with Gasteiger partial charge in [0.2, 0.25) is 11.8 Å². The summed E-state index contributed by atoms with van der Waals surface area (Å²) in [5.41, 5.74) is 1.88. The van der Waals surface area contributed by atoms with Gasteiger partial charge in [0, 0.05) is 25.7 Å². The Bertz CT molecular complexity index is 954. The Morgan fingerprint density at radius 3 is 2.38 bits per heavy atom. The van der Waals surface area contributed by atoms with Crippen molar-refractivity contribution in [2.24, 2.45) is 0 Å². The van der Waals surface area contributed by atoms with E-state index in [-0.39, 0.29) is 17.7 Å². The summed E-state index contributed by atoms with van der Waals surface area (Å²) in [6, 6.07) is 9.09. The van der Waals surface area contributed by atoms with Gasteiger partial charge in [-0.25, -0.2) is 0 Å². The molecule has 0 saturated heterocycles. The fourth-order valence-electron chi connectivity index (χ4n) is 3.24. The van der Waals surface area contributed by atoms with E-state index in [1.165, 1.54) is 16.9 Å². The number of carbonyl (C=O) groups excluding carboxylic acids is 3. The summed E-state index contributed by atoms with van der Waals surface area (Å²) in [5.74, 6) is -0.573. The number of nitrogens with one attached hydrogen (secondary N) is 2. The molecule has 0 bridgehead atoms. The van der Waals surface area contributed by atoms with Crippen molar-refractivity contribution in [1.82, 2.24) is 10.2 Å². The maximum absolute atomic E-state index is 12.8. The second-order valence-electron chi connectivity index (χ2n) is 7.63. The Labute approximate surface area is 179 Å². The van der Waals surface area contributed by atoms with Crippen LogP contribution in [0, 0.1) is 0 Å². The topological polar surface area (TPSA) is 78.5 Å². The van der Waals surface area contributed by atoms with Gasteiger partial charge >= 0.3 is 0 Å². The van der Waals surface area contributed by atoms with E-state index in [4.69, 9.17) is 11.6 Å². The molecule has 0 saturated carbocycles. The zero-order valence-electron chi connectivity index (χ0n) is 16.7. The summed E-state index contributed by atoms with van der Waals surface area (Å²) in [4.78, 5) is 39.1. The molecular weight excluding hydrogens is 410 g/mol. The van der Waals surface area contributed by atoms with Crippen LogP contribution in [-0.4, -0.2) is 41.2 Å². The number of carbonyl (C=O) groups is 3. The lowest BCUT2D eigenvalue weighted by Crippen LogP contribution is -2.52. The standard InChI is InChI=1S/C21H24ClN3O3S/c1-13(26)25-10-8-14-4-5-16(12-15(14)9-11-25)23-20(28)21(2,3)24-19(27)17-6-7-18(22)29-17/h4-7,12H,8-11H2,1-3H3,(H,23,28)(H,24,27). The van der Waals surface area contributed by atoms with E-state index < -0.39 is 5.54 Å². The average Bonchev–Trinajstić information content (AvgIpc) is 2.97. The number of anilines is 1. The molecular formula is C21H24ClN3O3S. The average molecular weight is 434 g/mol. The van der Waals surface area contributed by atoms with Crippen LogP contribution in [0.15, 0.2) is 30.3 Å². The highest BCUT2D eigenvalue weighted by molar-refractivity contribution is 7.18. The molecule has 0 atom stereocenters. The molecule has 0 spiro atoms. The van der Waals surface area contributed by atoms with Crippen molar-refractivity contribution in [3.05, 3.63) is 50.7 Å². The summed E-state index contributed by atoms with van der Waals surface area (Å²) < 4.78 is 0.519. The van der Waals surface area contributed by atoms with Crippen LogP contribution in [0.5, 0.6) is 0 Å². The van der Waals surface area contributed by atoms with Crippen LogP contribution in [0.1, 0.15) is 41.6 Å². The third-order valence-electron chi connectivity index (χ3n) is 5.00. The summed E-state index contributed by atoms with van der Waals surface area (Å²) in [6.07, 6.45) is 1.55. The molecule has 0 fully saturated rings. The van der Waals surface area contributed by atoms with E-state index in [1.54, 1.807) is 32.9 Å². The van der Waals surface area contributed by atoms with E-state index in [0.29, 0.717) is 28.0 Å². The van der Waals surface area contributed by atoms with Gasteiger partial charge in [-0.3, -0.25) is 14.4 Å². The minimum Gasteiger partial charge on any atom is -0.342 e. The SMILES string of the molecule is CC(=O)N1CCc2ccc(NC(=O)C(C)(C)NC(=O)c3ccc(Cl)s3)cc2CC1. The van der Waals surface area contributed by atoms with Crippen LogP contribution in [0.4, 0.5) is 5.69 Å². The number of amides is 3. The van der Waals surface area contributed by atoms with Crippen LogP contribution in [0.3, 0.4) is 0 Å². The maximum Gasteiger partial charge on any atom is 0.262 e. The van der Waals surface area contributed by atoms with Crippen molar-refractivity contribution < 1.29 is 14.4 Å². The monoisotopic (exact) mass is 433 g/mol. The Morgan fingerprint density at radius 2 is 1.76 bits per heavy atom. The van der Waals surface area contributed by atoms with Gasteiger partial charge in [-0.2, -0.15) is 0 Å². The zero-order valence-corrected chi connectivity index (χ0v) is 18.2. The Balaban J connectivity index is 1.67. The first kappa shape index (κ1) is 21.3. The summed E-state index contributed by atoms with van der Waals surface area (Å²) in [7, 11) is 0. The fourth-order valence-corrected chi connectivity index (χ4v) is 4.18. The van der Waals surface area contributed by atoms with E-state index in [9.17, 15) is 14.4 Å². The van der Waals surface area contributed by atoms with Gasteiger partial charge in [-0.15, -0.1) is 11.3 Å². The Hall–Kier alpha value is -2.38. The normalized spacial score (nSPS) is 14.0. The number of benzene rings is 1.